The summed E-state index contributed by atoms with van der Waals surface area (Å²) in [5, 5.41) is 0. The maximum Gasteiger partial charge on any atom is 0.120 e. The Morgan fingerprint density at radius 1 is 1.19 bits per heavy atom. The number of likely N-dealkylation sites (tertiary alicyclic amines) is 1. The van der Waals surface area contributed by atoms with Crippen LogP contribution in [0.4, 0.5) is 0 Å². The van der Waals surface area contributed by atoms with Gasteiger partial charge in [-0.15, -0.1) is 0 Å². The predicted octanol–water partition coefficient (Wildman–Crippen LogP) is 4.39. The van der Waals surface area contributed by atoms with Gasteiger partial charge in [0, 0.05) is 36.2 Å². The zero-order valence-electron chi connectivity index (χ0n) is 16.3. The molecule has 4 nitrogen and oxygen atoms in total. The smallest absolute Gasteiger partial charge is 0.120 e. The SMILES string of the molecule is Cc1cc(Cc2ccccc2C)cc([C@@H]2CCCN(Cc3ncc[nH]3)C2)n1. The molecule has 0 amide bonds. The Morgan fingerprint density at radius 2 is 2.07 bits per heavy atom. The number of aryl methyl sites for hydroxylation is 2. The van der Waals surface area contributed by atoms with E-state index in [-0.39, 0.29) is 0 Å². The monoisotopic (exact) mass is 360 g/mol. The van der Waals surface area contributed by atoms with Crippen molar-refractivity contribution in [2.45, 2.75) is 45.6 Å². The largest absolute Gasteiger partial charge is 0.348 e. The number of rotatable bonds is 5. The molecule has 1 N–H and O–H groups in total. The van der Waals surface area contributed by atoms with Crippen LogP contribution in [0.15, 0.2) is 48.8 Å². The Morgan fingerprint density at radius 3 is 2.89 bits per heavy atom. The number of nitrogens with zero attached hydrogens (tertiary/aromatic N) is 3. The van der Waals surface area contributed by atoms with Gasteiger partial charge in [-0.05, 0) is 68.5 Å². The average Bonchev–Trinajstić information content (AvgIpc) is 3.16. The van der Waals surface area contributed by atoms with Gasteiger partial charge in [-0.3, -0.25) is 9.88 Å². The Hall–Kier alpha value is -2.46. The van der Waals surface area contributed by atoms with Crippen molar-refractivity contribution in [2.75, 3.05) is 13.1 Å². The highest BCUT2D eigenvalue weighted by molar-refractivity contribution is 5.34. The van der Waals surface area contributed by atoms with Gasteiger partial charge in [0.1, 0.15) is 5.82 Å². The Kier molecular flexibility index (Phi) is 5.35. The minimum Gasteiger partial charge on any atom is -0.348 e. The molecule has 4 rings (SSSR count). The molecule has 1 atom stereocenters. The molecule has 1 fully saturated rings. The molecular weight excluding hydrogens is 332 g/mol. The molecule has 4 heteroatoms. The van der Waals surface area contributed by atoms with Crippen LogP contribution in [0.2, 0.25) is 0 Å². The molecule has 0 radical (unpaired) electrons. The van der Waals surface area contributed by atoms with Crippen LogP contribution >= 0.6 is 0 Å². The molecule has 27 heavy (non-hydrogen) atoms. The number of hydrogen-bond acceptors (Lipinski definition) is 3. The summed E-state index contributed by atoms with van der Waals surface area (Å²) >= 11 is 0. The van der Waals surface area contributed by atoms with Gasteiger partial charge >= 0.3 is 0 Å². The zero-order valence-corrected chi connectivity index (χ0v) is 16.3. The highest BCUT2D eigenvalue weighted by Gasteiger charge is 2.23. The third kappa shape index (κ3) is 4.45. The van der Waals surface area contributed by atoms with Gasteiger partial charge in [0.05, 0.1) is 6.54 Å². The average molecular weight is 361 g/mol. The third-order valence-electron chi connectivity index (χ3n) is 5.54. The maximum absolute atomic E-state index is 4.90. The highest BCUT2D eigenvalue weighted by atomic mass is 15.2. The Labute approximate surface area is 161 Å². The number of H-pyrrole nitrogens is 1. The van der Waals surface area contributed by atoms with E-state index < -0.39 is 0 Å². The summed E-state index contributed by atoms with van der Waals surface area (Å²) in [5.41, 5.74) is 6.50. The molecule has 1 aliphatic rings. The number of imidazole rings is 1. The molecular formula is C23H28N4. The number of pyridine rings is 1. The molecule has 1 saturated heterocycles. The third-order valence-corrected chi connectivity index (χ3v) is 5.54. The quantitative estimate of drug-likeness (QED) is 0.734. The molecule has 0 spiro atoms. The number of aromatic nitrogens is 3. The molecule has 0 aliphatic carbocycles. The van der Waals surface area contributed by atoms with E-state index in [9.17, 15) is 0 Å². The van der Waals surface area contributed by atoms with Gasteiger partial charge in [0.15, 0.2) is 0 Å². The first kappa shape index (κ1) is 17.9. The van der Waals surface area contributed by atoms with E-state index >= 15 is 0 Å². The minimum atomic E-state index is 0.504. The Bertz CT molecular complexity index is 885. The molecule has 3 heterocycles. The standard InChI is InChI=1S/C23H28N4/c1-17-6-3-4-7-20(17)13-19-12-18(2)26-22(14-19)21-8-5-11-27(15-21)16-23-24-9-10-25-23/h3-4,6-7,9-10,12,14,21H,5,8,11,13,15-16H2,1-2H3,(H,24,25)/t21-/m1/s1. The van der Waals surface area contributed by atoms with E-state index in [1.54, 1.807) is 0 Å². The fourth-order valence-electron chi connectivity index (χ4n) is 4.14. The van der Waals surface area contributed by atoms with Crippen LogP contribution in [0, 0.1) is 13.8 Å². The summed E-state index contributed by atoms with van der Waals surface area (Å²) in [4.78, 5) is 15.0. The predicted molar refractivity (Wildman–Crippen MR) is 109 cm³/mol. The normalized spacial score (nSPS) is 17.9. The van der Waals surface area contributed by atoms with Crippen molar-refractivity contribution < 1.29 is 0 Å². The maximum atomic E-state index is 4.90. The van der Waals surface area contributed by atoms with Gasteiger partial charge in [-0.2, -0.15) is 0 Å². The lowest BCUT2D eigenvalue weighted by Gasteiger charge is -2.32. The first-order chi connectivity index (χ1) is 13.2. The van der Waals surface area contributed by atoms with Crippen molar-refractivity contribution in [3.05, 3.63) is 82.7 Å². The molecule has 0 bridgehead atoms. The number of nitrogens with one attached hydrogen (secondary N) is 1. The molecule has 3 aromatic rings. The highest BCUT2D eigenvalue weighted by Crippen LogP contribution is 2.28. The minimum absolute atomic E-state index is 0.504. The summed E-state index contributed by atoms with van der Waals surface area (Å²) in [5.74, 6) is 1.55. The second-order valence-corrected chi connectivity index (χ2v) is 7.76. The molecule has 0 saturated carbocycles. The van der Waals surface area contributed by atoms with Crippen molar-refractivity contribution in [1.29, 1.82) is 0 Å². The number of piperidine rings is 1. The lowest BCUT2D eigenvalue weighted by atomic mass is 9.92. The van der Waals surface area contributed by atoms with Gasteiger partial charge in [0.25, 0.3) is 0 Å². The summed E-state index contributed by atoms with van der Waals surface area (Å²) in [6, 6.07) is 13.2. The van der Waals surface area contributed by atoms with E-state index in [1.807, 2.05) is 12.4 Å². The van der Waals surface area contributed by atoms with Crippen LogP contribution < -0.4 is 0 Å². The fourth-order valence-corrected chi connectivity index (χ4v) is 4.14. The molecule has 1 aromatic carbocycles. The van der Waals surface area contributed by atoms with Gasteiger partial charge < -0.3 is 4.98 Å². The molecule has 0 unspecified atom stereocenters. The number of aromatic amines is 1. The lowest BCUT2D eigenvalue weighted by molar-refractivity contribution is 0.194. The second kappa shape index (κ2) is 8.05. The van der Waals surface area contributed by atoms with Crippen LogP contribution in [-0.2, 0) is 13.0 Å². The first-order valence-corrected chi connectivity index (χ1v) is 9.90. The summed E-state index contributed by atoms with van der Waals surface area (Å²) in [6.07, 6.45) is 7.14. The topological polar surface area (TPSA) is 44.8 Å². The van der Waals surface area contributed by atoms with Crippen molar-refractivity contribution >= 4 is 0 Å². The van der Waals surface area contributed by atoms with Crippen LogP contribution in [0.5, 0.6) is 0 Å². The zero-order chi connectivity index (χ0) is 18.6. The Balaban J connectivity index is 1.51. The lowest BCUT2D eigenvalue weighted by Crippen LogP contribution is -2.34. The van der Waals surface area contributed by atoms with E-state index in [4.69, 9.17) is 4.98 Å². The molecule has 140 valence electrons. The summed E-state index contributed by atoms with van der Waals surface area (Å²) in [7, 11) is 0. The van der Waals surface area contributed by atoms with Gasteiger partial charge in [-0.1, -0.05) is 24.3 Å². The van der Waals surface area contributed by atoms with E-state index in [0.29, 0.717) is 5.92 Å². The van der Waals surface area contributed by atoms with Crippen LogP contribution in [-0.4, -0.2) is 32.9 Å². The van der Waals surface area contributed by atoms with Crippen LogP contribution in [0.3, 0.4) is 0 Å². The van der Waals surface area contributed by atoms with Crippen molar-refractivity contribution in [2.24, 2.45) is 0 Å². The van der Waals surface area contributed by atoms with Gasteiger partial charge in [-0.25, -0.2) is 4.98 Å². The van der Waals surface area contributed by atoms with E-state index in [0.717, 1.165) is 37.6 Å². The van der Waals surface area contributed by atoms with E-state index in [2.05, 4.69) is 65.1 Å². The fraction of sp³-hybridized carbons (Fsp3) is 0.391. The van der Waals surface area contributed by atoms with Crippen molar-refractivity contribution in [1.82, 2.24) is 19.9 Å². The van der Waals surface area contributed by atoms with Crippen LogP contribution in [0.25, 0.3) is 0 Å². The first-order valence-electron chi connectivity index (χ1n) is 9.90. The van der Waals surface area contributed by atoms with Crippen LogP contribution in [0.1, 0.15) is 52.7 Å². The van der Waals surface area contributed by atoms with Gasteiger partial charge in [0.2, 0.25) is 0 Å². The van der Waals surface area contributed by atoms with E-state index in [1.165, 1.54) is 35.2 Å². The van der Waals surface area contributed by atoms with Crippen molar-refractivity contribution in [3.63, 3.8) is 0 Å². The number of hydrogen-bond donors (Lipinski definition) is 1. The summed E-state index contributed by atoms with van der Waals surface area (Å²) in [6.45, 7) is 7.40. The molecule has 1 aliphatic heterocycles. The molecule has 2 aromatic heterocycles. The second-order valence-electron chi connectivity index (χ2n) is 7.76. The van der Waals surface area contributed by atoms with Crippen molar-refractivity contribution in [3.8, 4) is 0 Å². The number of benzene rings is 1. The summed E-state index contributed by atoms with van der Waals surface area (Å²) < 4.78 is 0.